The van der Waals surface area contributed by atoms with E-state index < -0.39 is 27.3 Å². The van der Waals surface area contributed by atoms with Crippen LogP contribution in [0.2, 0.25) is 0 Å². The van der Waals surface area contributed by atoms with Crippen molar-refractivity contribution >= 4 is 21.4 Å². The molecule has 21 heavy (non-hydrogen) atoms. The molecule has 8 heteroatoms. The van der Waals surface area contributed by atoms with Crippen LogP contribution in [0.1, 0.15) is 0 Å². The number of nitrogens with two attached hydrogens (primary N) is 1. The fourth-order valence-electron chi connectivity index (χ4n) is 1.68. The maximum atomic E-state index is 13.5. The standard InChI is InChI=1S/C13H12F2N2O3S/c1-20-12-7-9(16)3-5-13(12)21(18,19)17-11-6-8(14)2-4-10(11)15/h2-7,17H,16H2,1H3. The zero-order valence-electron chi connectivity index (χ0n) is 10.9. The number of nitrogen functional groups attached to an aromatic ring is 1. The van der Waals surface area contributed by atoms with Gasteiger partial charge in [-0.1, -0.05) is 0 Å². The first-order valence-corrected chi connectivity index (χ1v) is 7.23. The maximum Gasteiger partial charge on any atom is 0.265 e. The van der Waals surface area contributed by atoms with E-state index in [0.29, 0.717) is 5.69 Å². The van der Waals surface area contributed by atoms with Crippen molar-refractivity contribution in [2.24, 2.45) is 0 Å². The Morgan fingerprint density at radius 1 is 1.14 bits per heavy atom. The first-order chi connectivity index (χ1) is 9.83. The van der Waals surface area contributed by atoms with Crippen LogP contribution in [-0.2, 0) is 10.0 Å². The molecule has 0 bridgehead atoms. The lowest BCUT2D eigenvalue weighted by Crippen LogP contribution is -2.15. The van der Waals surface area contributed by atoms with Gasteiger partial charge in [0.1, 0.15) is 22.3 Å². The molecule has 112 valence electrons. The first-order valence-electron chi connectivity index (χ1n) is 5.75. The molecule has 0 saturated carbocycles. The van der Waals surface area contributed by atoms with Gasteiger partial charge in [0.15, 0.2) is 0 Å². The van der Waals surface area contributed by atoms with Crippen LogP contribution in [-0.4, -0.2) is 15.5 Å². The summed E-state index contributed by atoms with van der Waals surface area (Å²) in [6.07, 6.45) is 0. The average Bonchev–Trinajstić information content (AvgIpc) is 2.42. The van der Waals surface area contributed by atoms with E-state index in [0.717, 1.165) is 18.2 Å². The summed E-state index contributed by atoms with van der Waals surface area (Å²) >= 11 is 0. The number of methoxy groups -OCH3 is 1. The molecule has 3 N–H and O–H groups in total. The molecular weight excluding hydrogens is 302 g/mol. The van der Waals surface area contributed by atoms with Crippen LogP contribution in [0.15, 0.2) is 41.3 Å². The van der Waals surface area contributed by atoms with Crippen LogP contribution >= 0.6 is 0 Å². The largest absolute Gasteiger partial charge is 0.495 e. The second kappa shape index (κ2) is 5.57. The normalized spacial score (nSPS) is 11.2. The minimum Gasteiger partial charge on any atom is -0.495 e. The summed E-state index contributed by atoms with van der Waals surface area (Å²) < 4.78 is 58.0. The minimum absolute atomic E-state index is 0.000638. The lowest BCUT2D eigenvalue weighted by molar-refractivity contribution is 0.403. The summed E-state index contributed by atoms with van der Waals surface area (Å²) in [5, 5.41) is 0. The highest BCUT2D eigenvalue weighted by atomic mass is 32.2. The Kier molecular flexibility index (Phi) is 3.99. The van der Waals surface area contributed by atoms with E-state index in [1.165, 1.54) is 25.3 Å². The van der Waals surface area contributed by atoms with Crippen molar-refractivity contribution in [1.82, 2.24) is 0 Å². The molecule has 0 aliphatic heterocycles. The first kappa shape index (κ1) is 15.0. The Hall–Kier alpha value is -2.35. The van der Waals surface area contributed by atoms with Crippen molar-refractivity contribution in [3.8, 4) is 5.75 Å². The number of nitrogens with one attached hydrogen (secondary N) is 1. The molecule has 2 rings (SSSR count). The fraction of sp³-hybridized carbons (Fsp3) is 0.0769. The van der Waals surface area contributed by atoms with Gasteiger partial charge in [-0.05, 0) is 24.3 Å². The molecule has 0 unspecified atom stereocenters. The number of halogens is 2. The summed E-state index contributed by atoms with van der Waals surface area (Å²) in [4.78, 5) is -0.233. The lowest BCUT2D eigenvalue weighted by atomic mass is 10.3. The number of hydrogen-bond donors (Lipinski definition) is 2. The molecule has 0 aliphatic carbocycles. The van der Waals surface area contributed by atoms with Crippen molar-refractivity contribution < 1.29 is 21.9 Å². The van der Waals surface area contributed by atoms with Gasteiger partial charge in [-0.25, -0.2) is 17.2 Å². The van der Waals surface area contributed by atoms with Gasteiger partial charge in [0.2, 0.25) is 0 Å². The quantitative estimate of drug-likeness (QED) is 0.849. The van der Waals surface area contributed by atoms with E-state index in [2.05, 4.69) is 0 Å². The van der Waals surface area contributed by atoms with Crippen molar-refractivity contribution in [1.29, 1.82) is 0 Å². The molecule has 0 fully saturated rings. The molecular formula is C13H12F2N2O3S. The van der Waals surface area contributed by atoms with E-state index in [9.17, 15) is 17.2 Å². The molecule has 5 nitrogen and oxygen atoms in total. The Labute approximate surface area is 120 Å². The fourth-order valence-corrected chi connectivity index (χ4v) is 2.89. The third-order valence-corrected chi connectivity index (χ3v) is 4.05. The van der Waals surface area contributed by atoms with Crippen molar-refractivity contribution in [2.75, 3.05) is 17.6 Å². The summed E-state index contributed by atoms with van der Waals surface area (Å²) in [5.41, 5.74) is 5.35. The number of benzene rings is 2. The van der Waals surface area contributed by atoms with Gasteiger partial charge in [-0.3, -0.25) is 4.72 Å². The summed E-state index contributed by atoms with van der Waals surface area (Å²) in [5.74, 6) is -1.66. The highest BCUT2D eigenvalue weighted by Gasteiger charge is 2.21. The highest BCUT2D eigenvalue weighted by Crippen LogP contribution is 2.28. The molecule has 0 amide bonds. The van der Waals surface area contributed by atoms with Gasteiger partial charge in [-0.2, -0.15) is 0 Å². The predicted octanol–water partition coefficient (Wildman–Crippen LogP) is 2.36. The monoisotopic (exact) mass is 314 g/mol. The Morgan fingerprint density at radius 3 is 2.52 bits per heavy atom. The molecule has 0 atom stereocenters. The number of ether oxygens (including phenoxy) is 1. The van der Waals surface area contributed by atoms with Crippen LogP contribution in [0.5, 0.6) is 5.75 Å². The van der Waals surface area contributed by atoms with Crippen LogP contribution in [0.4, 0.5) is 20.2 Å². The number of sulfonamides is 1. The molecule has 2 aromatic rings. The zero-order chi connectivity index (χ0) is 15.6. The van der Waals surface area contributed by atoms with Crippen molar-refractivity contribution in [3.05, 3.63) is 48.0 Å². The minimum atomic E-state index is -4.15. The number of anilines is 2. The van der Waals surface area contributed by atoms with Crippen LogP contribution < -0.4 is 15.2 Å². The number of rotatable bonds is 4. The van der Waals surface area contributed by atoms with Crippen LogP contribution in [0, 0.1) is 11.6 Å². The average molecular weight is 314 g/mol. The molecule has 0 aromatic heterocycles. The van der Waals surface area contributed by atoms with Gasteiger partial charge < -0.3 is 10.5 Å². The van der Waals surface area contributed by atoms with E-state index in [4.69, 9.17) is 10.5 Å². The lowest BCUT2D eigenvalue weighted by Gasteiger charge is -2.12. The molecule has 0 saturated heterocycles. The van der Waals surface area contributed by atoms with Crippen molar-refractivity contribution in [2.45, 2.75) is 4.90 Å². The predicted molar refractivity (Wildman–Crippen MR) is 74.6 cm³/mol. The third-order valence-electron chi connectivity index (χ3n) is 2.65. The zero-order valence-corrected chi connectivity index (χ0v) is 11.7. The van der Waals surface area contributed by atoms with E-state index in [-0.39, 0.29) is 10.6 Å². The van der Waals surface area contributed by atoms with E-state index in [1.54, 1.807) is 0 Å². The van der Waals surface area contributed by atoms with Gasteiger partial charge in [-0.15, -0.1) is 0 Å². The van der Waals surface area contributed by atoms with Gasteiger partial charge in [0.25, 0.3) is 10.0 Å². The topological polar surface area (TPSA) is 81.4 Å². The van der Waals surface area contributed by atoms with E-state index >= 15 is 0 Å². The summed E-state index contributed by atoms with van der Waals surface area (Å²) in [6.45, 7) is 0. The summed E-state index contributed by atoms with van der Waals surface area (Å²) in [6, 6.07) is 6.35. The smallest absolute Gasteiger partial charge is 0.265 e. The highest BCUT2D eigenvalue weighted by molar-refractivity contribution is 7.92. The third kappa shape index (κ3) is 3.22. The van der Waals surface area contributed by atoms with E-state index in [1.807, 2.05) is 4.72 Å². The van der Waals surface area contributed by atoms with Crippen LogP contribution in [0.25, 0.3) is 0 Å². The van der Waals surface area contributed by atoms with Crippen LogP contribution in [0.3, 0.4) is 0 Å². The molecule has 0 radical (unpaired) electrons. The Bertz CT molecular complexity index is 779. The van der Waals surface area contributed by atoms with Gasteiger partial charge in [0, 0.05) is 17.8 Å². The molecule has 2 aromatic carbocycles. The Morgan fingerprint density at radius 2 is 1.86 bits per heavy atom. The summed E-state index contributed by atoms with van der Waals surface area (Å²) in [7, 11) is -2.87. The van der Waals surface area contributed by atoms with Gasteiger partial charge >= 0.3 is 0 Å². The molecule has 0 heterocycles. The SMILES string of the molecule is COc1cc(N)ccc1S(=O)(=O)Nc1cc(F)ccc1F. The second-order valence-corrected chi connectivity index (χ2v) is 5.79. The number of hydrogen-bond acceptors (Lipinski definition) is 4. The second-order valence-electron chi connectivity index (χ2n) is 4.14. The molecule has 0 spiro atoms. The van der Waals surface area contributed by atoms with Gasteiger partial charge in [0.05, 0.1) is 12.8 Å². The maximum absolute atomic E-state index is 13.5. The molecule has 0 aliphatic rings. The van der Waals surface area contributed by atoms with Crippen molar-refractivity contribution in [3.63, 3.8) is 0 Å². The Balaban J connectivity index is 2.46.